The van der Waals surface area contributed by atoms with Gasteiger partial charge < -0.3 is 10.6 Å². The summed E-state index contributed by atoms with van der Waals surface area (Å²) in [5, 5.41) is 5.01. The lowest BCUT2D eigenvalue weighted by Crippen LogP contribution is -2.29. The Hall–Kier alpha value is -1.72. The number of nitrogens with one attached hydrogen (secondary N) is 2. The number of hydrogen-bond acceptors (Lipinski definition) is 3. The number of aromatic nitrogens is 1. The first-order valence-electron chi connectivity index (χ1n) is 4.90. The van der Waals surface area contributed by atoms with Crippen molar-refractivity contribution in [3.05, 3.63) is 23.9 Å². The zero-order valence-corrected chi connectivity index (χ0v) is 8.84. The number of anilines is 1. The van der Waals surface area contributed by atoms with E-state index in [2.05, 4.69) is 15.6 Å². The Morgan fingerprint density at radius 1 is 1.56 bits per heavy atom. The Morgan fingerprint density at radius 2 is 2.31 bits per heavy atom. The lowest BCUT2D eigenvalue weighted by atomic mass is 10.2. The number of nitrogens with zero attached hydrogens (tertiary/aromatic N) is 1. The summed E-state index contributed by atoms with van der Waals surface area (Å²) < 4.78 is 23.8. The molecule has 4 nitrogen and oxygen atoms in total. The summed E-state index contributed by atoms with van der Waals surface area (Å²) in [6.07, 6.45) is -1.02. The van der Waals surface area contributed by atoms with Crippen LogP contribution in [0.1, 0.15) is 17.3 Å². The Bertz CT molecular complexity index is 358. The average molecular weight is 229 g/mol. The quantitative estimate of drug-likeness (QED) is 0.804. The fourth-order valence-electron chi connectivity index (χ4n) is 1.16. The van der Waals surface area contributed by atoms with E-state index in [-0.39, 0.29) is 5.56 Å². The Balaban J connectivity index is 2.73. The zero-order valence-electron chi connectivity index (χ0n) is 8.84. The number of hydrogen-bond donors (Lipinski definition) is 2. The molecule has 0 saturated carbocycles. The van der Waals surface area contributed by atoms with Crippen molar-refractivity contribution in [2.75, 3.05) is 18.4 Å². The van der Waals surface area contributed by atoms with Crippen molar-refractivity contribution in [1.29, 1.82) is 0 Å². The molecule has 0 aliphatic rings. The number of carbonyl (C=O) groups is 1. The van der Waals surface area contributed by atoms with E-state index in [0.29, 0.717) is 12.4 Å². The van der Waals surface area contributed by atoms with E-state index in [4.69, 9.17) is 0 Å². The standard InChI is InChI=1S/C10H13F2N3O/c1-2-13-9-7(4-3-5-14-9)10(16)15-6-8(11)12/h3-5,8H,2,6H2,1H3,(H,13,14)(H,15,16). The van der Waals surface area contributed by atoms with Gasteiger partial charge in [0.2, 0.25) is 0 Å². The van der Waals surface area contributed by atoms with E-state index >= 15 is 0 Å². The van der Waals surface area contributed by atoms with Gasteiger partial charge in [-0.25, -0.2) is 13.8 Å². The van der Waals surface area contributed by atoms with Gasteiger partial charge in [-0.15, -0.1) is 0 Å². The molecule has 0 aromatic carbocycles. The molecule has 1 amide bonds. The molecule has 1 aromatic rings. The van der Waals surface area contributed by atoms with Crippen LogP contribution in [-0.2, 0) is 0 Å². The molecule has 1 heterocycles. The predicted octanol–water partition coefficient (Wildman–Crippen LogP) is 1.51. The highest BCUT2D eigenvalue weighted by Crippen LogP contribution is 2.10. The first-order valence-corrected chi connectivity index (χ1v) is 4.90. The van der Waals surface area contributed by atoms with Crippen LogP contribution in [0.25, 0.3) is 0 Å². The van der Waals surface area contributed by atoms with Crippen LogP contribution in [0.5, 0.6) is 0 Å². The monoisotopic (exact) mass is 229 g/mol. The van der Waals surface area contributed by atoms with Crippen LogP contribution in [0.3, 0.4) is 0 Å². The minimum Gasteiger partial charge on any atom is -0.370 e. The third-order valence-electron chi connectivity index (χ3n) is 1.81. The van der Waals surface area contributed by atoms with Crippen molar-refractivity contribution < 1.29 is 13.6 Å². The van der Waals surface area contributed by atoms with E-state index in [1.807, 2.05) is 6.92 Å². The number of rotatable bonds is 5. The lowest BCUT2D eigenvalue weighted by molar-refractivity contribution is 0.0892. The predicted molar refractivity (Wildman–Crippen MR) is 56.7 cm³/mol. The number of pyridine rings is 1. The average Bonchev–Trinajstić information content (AvgIpc) is 2.27. The van der Waals surface area contributed by atoms with Crippen molar-refractivity contribution in [2.45, 2.75) is 13.3 Å². The van der Waals surface area contributed by atoms with Gasteiger partial charge in [-0.1, -0.05) is 0 Å². The van der Waals surface area contributed by atoms with Gasteiger partial charge in [-0.05, 0) is 19.1 Å². The molecule has 16 heavy (non-hydrogen) atoms. The van der Waals surface area contributed by atoms with E-state index in [1.54, 1.807) is 6.07 Å². The van der Waals surface area contributed by atoms with Gasteiger partial charge >= 0.3 is 0 Å². The first kappa shape index (κ1) is 12.4. The second kappa shape index (κ2) is 5.99. The molecule has 0 aliphatic heterocycles. The molecule has 88 valence electrons. The number of amides is 1. The van der Waals surface area contributed by atoms with Crippen LogP contribution in [0.2, 0.25) is 0 Å². The normalized spacial score (nSPS) is 10.2. The highest BCUT2D eigenvalue weighted by atomic mass is 19.3. The van der Waals surface area contributed by atoms with Gasteiger partial charge in [0.25, 0.3) is 12.3 Å². The number of alkyl halides is 2. The number of halogens is 2. The summed E-state index contributed by atoms with van der Waals surface area (Å²) in [7, 11) is 0. The van der Waals surface area contributed by atoms with E-state index in [9.17, 15) is 13.6 Å². The van der Waals surface area contributed by atoms with Crippen molar-refractivity contribution >= 4 is 11.7 Å². The van der Waals surface area contributed by atoms with Crippen LogP contribution in [0.15, 0.2) is 18.3 Å². The Morgan fingerprint density at radius 3 is 2.94 bits per heavy atom. The zero-order chi connectivity index (χ0) is 12.0. The molecule has 0 unspecified atom stereocenters. The van der Waals surface area contributed by atoms with Crippen LogP contribution < -0.4 is 10.6 Å². The maximum absolute atomic E-state index is 11.9. The molecule has 0 spiro atoms. The van der Waals surface area contributed by atoms with Gasteiger partial charge in [0.15, 0.2) is 0 Å². The first-order chi connectivity index (χ1) is 7.65. The highest BCUT2D eigenvalue weighted by Gasteiger charge is 2.12. The maximum Gasteiger partial charge on any atom is 0.255 e. The van der Waals surface area contributed by atoms with Crippen molar-refractivity contribution in [2.24, 2.45) is 0 Å². The highest BCUT2D eigenvalue weighted by molar-refractivity contribution is 5.98. The molecular weight excluding hydrogens is 216 g/mol. The van der Waals surface area contributed by atoms with Gasteiger partial charge in [0.05, 0.1) is 12.1 Å². The van der Waals surface area contributed by atoms with Gasteiger partial charge in [0.1, 0.15) is 5.82 Å². The minimum absolute atomic E-state index is 0.269. The molecular formula is C10H13F2N3O. The van der Waals surface area contributed by atoms with Crippen LogP contribution >= 0.6 is 0 Å². The Labute approximate surface area is 92.1 Å². The van der Waals surface area contributed by atoms with Crippen LogP contribution in [0.4, 0.5) is 14.6 Å². The van der Waals surface area contributed by atoms with Crippen molar-refractivity contribution in [1.82, 2.24) is 10.3 Å². The van der Waals surface area contributed by atoms with Crippen LogP contribution in [-0.4, -0.2) is 30.4 Å². The van der Waals surface area contributed by atoms with Crippen molar-refractivity contribution in [3.8, 4) is 0 Å². The van der Waals surface area contributed by atoms with E-state index in [1.165, 1.54) is 12.3 Å². The smallest absolute Gasteiger partial charge is 0.255 e. The summed E-state index contributed by atoms with van der Waals surface area (Å²) in [5.41, 5.74) is 0.269. The molecule has 0 radical (unpaired) electrons. The summed E-state index contributed by atoms with van der Waals surface area (Å²) >= 11 is 0. The molecule has 1 rings (SSSR count). The molecule has 0 fully saturated rings. The molecule has 2 N–H and O–H groups in total. The third kappa shape index (κ3) is 3.45. The van der Waals surface area contributed by atoms with Crippen LogP contribution in [0, 0.1) is 0 Å². The SMILES string of the molecule is CCNc1ncccc1C(=O)NCC(F)F. The van der Waals surface area contributed by atoms with Crippen molar-refractivity contribution in [3.63, 3.8) is 0 Å². The fourth-order valence-corrected chi connectivity index (χ4v) is 1.16. The molecule has 0 saturated heterocycles. The molecule has 0 aliphatic carbocycles. The Kier molecular flexibility index (Phi) is 4.63. The second-order valence-electron chi connectivity index (χ2n) is 3.03. The molecule has 0 atom stereocenters. The summed E-state index contributed by atoms with van der Waals surface area (Å²) in [6, 6.07) is 3.12. The van der Waals surface area contributed by atoms with E-state index in [0.717, 1.165) is 0 Å². The second-order valence-corrected chi connectivity index (χ2v) is 3.03. The lowest BCUT2D eigenvalue weighted by Gasteiger charge is -2.09. The van der Waals surface area contributed by atoms with Gasteiger partial charge in [-0.3, -0.25) is 4.79 Å². The van der Waals surface area contributed by atoms with Gasteiger partial charge in [0, 0.05) is 12.7 Å². The summed E-state index contributed by atoms with van der Waals surface area (Å²) in [5.74, 6) is -0.152. The van der Waals surface area contributed by atoms with E-state index < -0.39 is 18.9 Å². The number of carbonyl (C=O) groups excluding carboxylic acids is 1. The largest absolute Gasteiger partial charge is 0.370 e. The maximum atomic E-state index is 11.9. The summed E-state index contributed by atoms with van der Waals surface area (Å²) in [6.45, 7) is 1.81. The van der Waals surface area contributed by atoms with Gasteiger partial charge in [-0.2, -0.15) is 0 Å². The third-order valence-corrected chi connectivity index (χ3v) is 1.81. The molecule has 6 heteroatoms. The minimum atomic E-state index is -2.55. The molecule has 1 aromatic heterocycles. The topological polar surface area (TPSA) is 54.0 Å². The fraction of sp³-hybridized carbons (Fsp3) is 0.400. The molecule has 0 bridgehead atoms. The summed E-state index contributed by atoms with van der Waals surface area (Å²) in [4.78, 5) is 15.5.